The molecule has 0 aromatic carbocycles. The Morgan fingerprint density at radius 2 is 2.04 bits per heavy atom. The molecule has 1 aliphatic heterocycles. The topological polar surface area (TPSA) is 167 Å². The third-order valence-electron chi connectivity index (χ3n) is 4.03. The van der Waals surface area contributed by atoms with Crippen molar-refractivity contribution in [3.8, 4) is 0 Å². The van der Waals surface area contributed by atoms with Crippen molar-refractivity contribution >= 4 is 17.0 Å². The zero-order chi connectivity index (χ0) is 17.9. The highest BCUT2D eigenvalue weighted by Gasteiger charge is 2.64. The van der Waals surface area contributed by atoms with Crippen LogP contribution < -0.4 is 11.3 Å². The van der Waals surface area contributed by atoms with Gasteiger partial charge in [0.25, 0.3) is 11.4 Å². The summed E-state index contributed by atoms with van der Waals surface area (Å²) >= 11 is 0. The molecule has 0 aliphatic carbocycles. The van der Waals surface area contributed by atoms with Gasteiger partial charge in [0.15, 0.2) is 11.5 Å². The van der Waals surface area contributed by atoms with E-state index in [0.29, 0.717) is 10.8 Å². The molecule has 0 bridgehead atoms. The van der Waals surface area contributed by atoms with Crippen LogP contribution in [0.2, 0.25) is 0 Å². The van der Waals surface area contributed by atoms with E-state index >= 15 is 0 Å². The molecular formula is C12H14F2N4O6. The summed E-state index contributed by atoms with van der Waals surface area (Å²) in [6.07, 6.45) is -3.73. The molecule has 0 saturated carbocycles. The lowest BCUT2D eigenvalue weighted by Crippen LogP contribution is -2.48. The van der Waals surface area contributed by atoms with Crippen LogP contribution in [0.1, 0.15) is 0 Å². The van der Waals surface area contributed by atoms with E-state index in [0.717, 1.165) is 0 Å². The molecule has 1 fully saturated rings. The number of nitrogen functional groups attached to an aromatic ring is 1. The minimum atomic E-state index is -3.12. The summed E-state index contributed by atoms with van der Waals surface area (Å²) in [6, 6.07) is 0. The number of hydrogen-bond acceptors (Lipinski definition) is 8. The van der Waals surface area contributed by atoms with Crippen molar-refractivity contribution in [3.05, 3.63) is 22.4 Å². The van der Waals surface area contributed by atoms with Gasteiger partial charge in [-0.15, -0.1) is 0 Å². The number of aromatic nitrogens is 3. The first-order valence-electron chi connectivity index (χ1n) is 6.74. The van der Waals surface area contributed by atoms with E-state index in [4.69, 9.17) is 15.6 Å². The summed E-state index contributed by atoms with van der Waals surface area (Å²) < 4.78 is 34.1. The fraction of sp³-hybridized carbons (Fsp3) is 0.500. The van der Waals surface area contributed by atoms with E-state index in [9.17, 15) is 28.9 Å². The predicted molar refractivity (Wildman–Crippen MR) is 73.8 cm³/mol. The van der Waals surface area contributed by atoms with Gasteiger partial charge in [0.1, 0.15) is 24.2 Å². The van der Waals surface area contributed by atoms with Gasteiger partial charge in [-0.25, -0.2) is 8.78 Å². The Morgan fingerprint density at radius 1 is 1.38 bits per heavy atom. The highest BCUT2D eigenvalue weighted by atomic mass is 19.2. The minimum Gasteiger partial charge on any atom is -0.391 e. The zero-order valence-corrected chi connectivity index (χ0v) is 12.0. The van der Waals surface area contributed by atoms with Crippen molar-refractivity contribution in [2.75, 3.05) is 18.9 Å². The lowest BCUT2D eigenvalue weighted by atomic mass is 10.0. The van der Waals surface area contributed by atoms with Crippen molar-refractivity contribution in [1.29, 1.82) is 0 Å². The van der Waals surface area contributed by atoms with Crippen LogP contribution in [0.15, 0.2) is 11.0 Å². The average molecular weight is 348 g/mol. The Kier molecular flexibility index (Phi) is 3.62. The third kappa shape index (κ3) is 1.98. The molecule has 1 saturated heterocycles. The third-order valence-corrected chi connectivity index (χ3v) is 4.03. The summed E-state index contributed by atoms with van der Waals surface area (Å²) in [7, 11) is 0. The van der Waals surface area contributed by atoms with Crippen molar-refractivity contribution in [3.63, 3.8) is 0 Å². The van der Waals surface area contributed by atoms with Gasteiger partial charge in [-0.1, -0.05) is 0 Å². The molecule has 7 N–H and O–H groups in total. The molecule has 1 aliphatic rings. The summed E-state index contributed by atoms with van der Waals surface area (Å²) in [6.45, 7) is -2.47. The zero-order valence-electron chi connectivity index (χ0n) is 12.0. The van der Waals surface area contributed by atoms with E-state index in [1.165, 1.54) is 0 Å². The lowest BCUT2D eigenvalue weighted by Gasteiger charge is -2.32. The first-order valence-corrected chi connectivity index (χ1v) is 6.74. The van der Waals surface area contributed by atoms with Gasteiger partial charge in [0, 0.05) is 6.20 Å². The molecule has 4 atom stereocenters. The Morgan fingerprint density at radius 3 is 2.58 bits per heavy atom. The lowest BCUT2D eigenvalue weighted by molar-refractivity contribution is -0.254. The number of aliphatic hydroxyl groups is 4. The number of H-pyrrole nitrogens is 1. The molecule has 0 amide bonds. The van der Waals surface area contributed by atoms with Gasteiger partial charge in [-0.2, -0.15) is 4.98 Å². The highest BCUT2D eigenvalue weighted by molar-refractivity contribution is 5.77. The fourth-order valence-electron chi connectivity index (χ4n) is 2.81. The van der Waals surface area contributed by atoms with Crippen LogP contribution in [-0.4, -0.2) is 66.2 Å². The number of alkyl halides is 1. The quantitative estimate of drug-likeness (QED) is 0.354. The van der Waals surface area contributed by atoms with Gasteiger partial charge in [-0.05, 0) is 0 Å². The first-order chi connectivity index (χ1) is 11.2. The summed E-state index contributed by atoms with van der Waals surface area (Å²) in [5.74, 6) is -4.62. The Hall–Kier alpha value is -2.12. The average Bonchev–Trinajstić information content (AvgIpc) is 2.96. The van der Waals surface area contributed by atoms with Crippen LogP contribution in [0.25, 0.3) is 11.0 Å². The number of nitrogens with one attached hydrogen (secondary N) is 1. The standard InChI is InChI=1S/C12H14F2N4O6/c13-4-1-18(8-5(4)9(23)17-10(15)16-8)12(3-20)7(22)6(21)11(14,2-19)24-12/h1,6-7,19-22H,2-3H2,(H3,15,16,17,23)/t6-,7+,11+,12+/m0/s1. The second-order valence-electron chi connectivity index (χ2n) is 5.44. The first kappa shape index (κ1) is 16.7. The van der Waals surface area contributed by atoms with Gasteiger partial charge in [0.05, 0.1) is 6.61 Å². The number of nitrogens with two attached hydrogens (primary N) is 1. The smallest absolute Gasteiger partial charge is 0.264 e. The van der Waals surface area contributed by atoms with Crippen molar-refractivity contribution in [2.45, 2.75) is 23.8 Å². The summed E-state index contributed by atoms with van der Waals surface area (Å²) in [5.41, 5.74) is 1.57. The van der Waals surface area contributed by atoms with E-state index in [1.54, 1.807) is 0 Å². The van der Waals surface area contributed by atoms with Crippen molar-refractivity contribution in [1.82, 2.24) is 14.5 Å². The van der Waals surface area contributed by atoms with Crippen LogP contribution in [0.3, 0.4) is 0 Å². The molecule has 0 spiro atoms. The van der Waals surface area contributed by atoms with Crippen LogP contribution >= 0.6 is 0 Å². The van der Waals surface area contributed by atoms with Crippen molar-refractivity contribution < 1.29 is 33.9 Å². The molecule has 2 aromatic rings. The number of fused-ring (bicyclic) bond motifs is 1. The molecule has 0 unspecified atom stereocenters. The van der Waals surface area contributed by atoms with Crippen LogP contribution in [0, 0.1) is 5.82 Å². The molecule has 24 heavy (non-hydrogen) atoms. The maximum absolute atomic E-state index is 14.4. The number of nitrogens with zero attached hydrogens (tertiary/aromatic N) is 2. The predicted octanol–water partition coefficient (Wildman–Crippen LogP) is -2.50. The molecule has 3 rings (SSSR count). The minimum absolute atomic E-state index is 0.401. The van der Waals surface area contributed by atoms with Gasteiger partial charge < -0.3 is 30.9 Å². The maximum Gasteiger partial charge on any atom is 0.264 e. The van der Waals surface area contributed by atoms with E-state index < -0.39 is 65.4 Å². The highest BCUT2D eigenvalue weighted by Crippen LogP contribution is 2.43. The Balaban J connectivity index is 2.31. The molecule has 132 valence electrons. The number of anilines is 1. The Labute approximate surface area is 131 Å². The largest absolute Gasteiger partial charge is 0.391 e. The fourth-order valence-corrected chi connectivity index (χ4v) is 2.81. The van der Waals surface area contributed by atoms with Crippen LogP contribution in [0.4, 0.5) is 14.7 Å². The summed E-state index contributed by atoms with van der Waals surface area (Å²) in [5, 5.41) is 38.1. The Bertz CT molecular complexity index is 856. The van der Waals surface area contributed by atoms with Crippen LogP contribution in [0.5, 0.6) is 0 Å². The van der Waals surface area contributed by atoms with E-state index in [1.807, 2.05) is 0 Å². The number of rotatable bonds is 3. The normalized spacial score (nSPS) is 33.4. The van der Waals surface area contributed by atoms with E-state index in [-0.39, 0.29) is 0 Å². The second kappa shape index (κ2) is 5.19. The van der Waals surface area contributed by atoms with Gasteiger partial charge in [0.2, 0.25) is 11.7 Å². The number of aliphatic hydroxyl groups excluding tert-OH is 4. The number of aromatic amines is 1. The maximum atomic E-state index is 14.4. The molecule has 10 nitrogen and oxygen atoms in total. The van der Waals surface area contributed by atoms with Crippen molar-refractivity contribution in [2.24, 2.45) is 0 Å². The van der Waals surface area contributed by atoms with E-state index in [2.05, 4.69) is 9.97 Å². The molecule has 12 heteroatoms. The SMILES string of the molecule is Nc1nc2c(c(F)cn2[C@]2(CO)O[C@](F)(CO)[C@@H](O)[C@H]2O)c(=O)[nH]1. The van der Waals surface area contributed by atoms with Gasteiger partial charge in [-0.3, -0.25) is 14.3 Å². The number of hydrogen-bond donors (Lipinski definition) is 6. The number of halogens is 2. The molecule has 0 radical (unpaired) electrons. The molecular weight excluding hydrogens is 334 g/mol. The second-order valence-corrected chi connectivity index (χ2v) is 5.44. The number of ether oxygens (including phenoxy) is 1. The summed E-state index contributed by atoms with van der Waals surface area (Å²) in [4.78, 5) is 17.6. The van der Waals surface area contributed by atoms with Gasteiger partial charge >= 0.3 is 0 Å². The monoisotopic (exact) mass is 348 g/mol. The molecule has 3 heterocycles. The van der Waals surface area contributed by atoms with Crippen LogP contribution in [-0.2, 0) is 10.5 Å². The molecule has 2 aromatic heterocycles.